The Bertz CT molecular complexity index is 797. The molecule has 0 aliphatic carbocycles. The summed E-state index contributed by atoms with van der Waals surface area (Å²) >= 11 is 7.26. The fourth-order valence-electron chi connectivity index (χ4n) is 2.20. The van der Waals surface area contributed by atoms with Crippen molar-refractivity contribution in [3.05, 3.63) is 46.5 Å². The van der Waals surface area contributed by atoms with Crippen molar-refractivity contribution in [3.8, 4) is 0 Å². The van der Waals surface area contributed by atoms with Gasteiger partial charge in [0.1, 0.15) is 16.5 Å². The Hall–Kier alpha value is -2.06. The SMILES string of the molecule is CCCCn1nc(C)c(C(=O)NNC(=O)CSc2ccccc2F)c1Cl. The Balaban J connectivity index is 1.89. The Morgan fingerprint density at radius 3 is 2.73 bits per heavy atom. The molecular weight excluding hydrogens is 379 g/mol. The Kier molecular flexibility index (Phi) is 7.47. The Morgan fingerprint density at radius 2 is 2.04 bits per heavy atom. The summed E-state index contributed by atoms with van der Waals surface area (Å²) in [6.07, 6.45) is 1.87. The maximum atomic E-state index is 13.5. The van der Waals surface area contributed by atoms with Gasteiger partial charge in [-0.15, -0.1) is 11.8 Å². The van der Waals surface area contributed by atoms with Crippen LogP contribution < -0.4 is 10.9 Å². The van der Waals surface area contributed by atoms with E-state index in [2.05, 4.69) is 16.0 Å². The molecule has 0 unspecified atom stereocenters. The maximum Gasteiger partial charge on any atom is 0.274 e. The first-order chi connectivity index (χ1) is 12.4. The van der Waals surface area contributed by atoms with Crippen molar-refractivity contribution in [1.82, 2.24) is 20.6 Å². The van der Waals surface area contributed by atoms with Gasteiger partial charge in [0.05, 0.1) is 11.4 Å². The van der Waals surface area contributed by atoms with Crippen LogP contribution in [0.1, 0.15) is 35.8 Å². The predicted molar refractivity (Wildman–Crippen MR) is 99.6 cm³/mol. The van der Waals surface area contributed by atoms with Crippen LogP contribution in [-0.4, -0.2) is 27.3 Å². The summed E-state index contributed by atoms with van der Waals surface area (Å²) in [6.45, 7) is 4.35. The first kappa shape index (κ1) is 20.3. The van der Waals surface area contributed by atoms with E-state index < -0.39 is 17.6 Å². The summed E-state index contributed by atoms with van der Waals surface area (Å²) in [6, 6.07) is 6.17. The molecule has 2 rings (SSSR count). The van der Waals surface area contributed by atoms with Crippen molar-refractivity contribution in [3.63, 3.8) is 0 Å². The lowest BCUT2D eigenvalue weighted by atomic mass is 10.2. The number of rotatable bonds is 7. The van der Waals surface area contributed by atoms with Crippen LogP contribution in [-0.2, 0) is 11.3 Å². The Morgan fingerprint density at radius 1 is 1.31 bits per heavy atom. The van der Waals surface area contributed by atoms with E-state index in [4.69, 9.17) is 11.6 Å². The zero-order chi connectivity index (χ0) is 19.1. The van der Waals surface area contributed by atoms with Crippen LogP contribution in [0.2, 0.25) is 5.15 Å². The molecule has 1 aromatic carbocycles. The van der Waals surface area contributed by atoms with Gasteiger partial charge in [-0.2, -0.15) is 5.10 Å². The van der Waals surface area contributed by atoms with Gasteiger partial charge in [0.2, 0.25) is 5.91 Å². The number of hydrazine groups is 1. The molecule has 26 heavy (non-hydrogen) atoms. The van der Waals surface area contributed by atoms with Crippen LogP contribution in [0.5, 0.6) is 0 Å². The number of benzene rings is 1. The second-order valence-electron chi connectivity index (χ2n) is 5.55. The van der Waals surface area contributed by atoms with Crippen molar-refractivity contribution < 1.29 is 14.0 Å². The smallest absolute Gasteiger partial charge is 0.272 e. The highest BCUT2D eigenvalue weighted by Gasteiger charge is 2.20. The maximum absolute atomic E-state index is 13.5. The van der Waals surface area contributed by atoms with Gasteiger partial charge in [0.25, 0.3) is 5.91 Å². The van der Waals surface area contributed by atoms with E-state index in [1.807, 2.05) is 6.92 Å². The average molecular weight is 399 g/mol. The van der Waals surface area contributed by atoms with Crippen LogP contribution in [0.4, 0.5) is 4.39 Å². The van der Waals surface area contributed by atoms with Gasteiger partial charge < -0.3 is 0 Å². The highest BCUT2D eigenvalue weighted by molar-refractivity contribution is 8.00. The van der Waals surface area contributed by atoms with E-state index in [0.29, 0.717) is 17.1 Å². The molecule has 0 saturated heterocycles. The van der Waals surface area contributed by atoms with Gasteiger partial charge in [-0.05, 0) is 25.5 Å². The molecule has 140 valence electrons. The number of hydrogen-bond acceptors (Lipinski definition) is 4. The summed E-state index contributed by atoms with van der Waals surface area (Å²) < 4.78 is 15.1. The van der Waals surface area contributed by atoms with E-state index in [0.717, 1.165) is 24.6 Å². The van der Waals surface area contributed by atoms with Crippen molar-refractivity contribution in [2.45, 2.75) is 38.1 Å². The normalized spacial score (nSPS) is 10.6. The quantitative estimate of drug-likeness (QED) is 0.554. The van der Waals surface area contributed by atoms with Crippen LogP contribution >= 0.6 is 23.4 Å². The minimum Gasteiger partial charge on any atom is -0.272 e. The highest BCUT2D eigenvalue weighted by Crippen LogP contribution is 2.21. The minimum absolute atomic E-state index is 0.0380. The number of carbonyl (C=O) groups is 2. The lowest BCUT2D eigenvalue weighted by Gasteiger charge is -2.08. The zero-order valence-electron chi connectivity index (χ0n) is 14.5. The van der Waals surface area contributed by atoms with Gasteiger partial charge in [-0.3, -0.25) is 25.1 Å². The number of nitrogens with one attached hydrogen (secondary N) is 2. The molecule has 1 heterocycles. The van der Waals surface area contributed by atoms with Gasteiger partial charge in [-0.25, -0.2) is 4.39 Å². The molecule has 2 aromatic rings. The summed E-state index contributed by atoms with van der Waals surface area (Å²) in [5, 5.41) is 4.49. The number of halogens is 2. The largest absolute Gasteiger partial charge is 0.274 e. The molecule has 2 N–H and O–H groups in total. The summed E-state index contributed by atoms with van der Waals surface area (Å²) in [7, 11) is 0. The second-order valence-corrected chi connectivity index (χ2v) is 6.92. The predicted octanol–water partition coefficient (Wildman–Crippen LogP) is 3.34. The van der Waals surface area contributed by atoms with Crippen LogP contribution in [0.25, 0.3) is 0 Å². The second kappa shape index (κ2) is 9.59. The summed E-state index contributed by atoms with van der Waals surface area (Å²) in [5.41, 5.74) is 5.33. The standard InChI is InChI=1S/C17H20ClFN4O2S/c1-3-4-9-23-16(18)15(11(2)22-23)17(25)21-20-14(24)10-26-13-8-6-5-7-12(13)19/h5-8H,3-4,9-10H2,1-2H3,(H,20,24)(H,21,25). The number of carbonyl (C=O) groups excluding carboxylic acids is 2. The number of nitrogens with zero attached hydrogens (tertiary/aromatic N) is 2. The molecule has 0 saturated carbocycles. The van der Waals surface area contributed by atoms with Crippen LogP contribution in [0.3, 0.4) is 0 Å². The van der Waals surface area contributed by atoms with E-state index >= 15 is 0 Å². The van der Waals surface area contributed by atoms with E-state index in [1.165, 1.54) is 6.07 Å². The topological polar surface area (TPSA) is 76.0 Å². The van der Waals surface area contributed by atoms with Gasteiger partial charge in [-0.1, -0.05) is 37.1 Å². The van der Waals surface area contributed by atoms with Crippen LogP contribution in [0.15, 0.2) is 29.2 Å². The monoisotopic (exact) mass is 398 g/mol. The molecule has 9 heteroatoms. The molecule has 0 aliphatic rings. The average Bonchev–Trinajstić information content (AvgIpc) is 2.90. The minimum atomic E-state index is -0.542. The number of hydrogen-bond donors (Lipinski definition) is 2. The van der Waals surface area contributed by atoms with Gasteiger partial charge in [0.15, 0.2) is 0 Å². The van der Waals surface area contributed by atoms with Crippen molar-refractivity contribution in [2.24, 2.45) is 0 Å². The molecule has 6 nitrogen and oxygen atoms in total. The summed E-state index contributed by atoms with van der Waals surface area (Å²) in [4.78, 5) is 24.5. The van der Waals surface area contributed by atoms with Gasteiger partial charge in [0, 0.05) is 11.4 Å². The number of amides is 2. The third-order valence-corrected chi connectivity index (χ3v) is 4.96. The van der Waals surface area contributed by atoms with E-state index in [9.17, 15) is 14.0 Å². The van der Waals surface area contributed by atoms with E-state index in [-0.39, 0.29) is 16.5 Å². The van der Waals surface area contributed by atoms with E-state index in [1.54, 1.807) is 29.8 Å². The molecule has 0 aliphatic heterocycles. The lowest BCUT2D eigenvalue weighted by molar-refractivity contribution is -0.119. The number of thioether (sulfide) groups is 1. The highest BCUT2D eigenvalue weighted by atomic mass is 35.5. The van der Waals surface area contributed by atoms with Crippen LogP contribution in [0, 0.1) is 12.7 Å². The zero-order valence-corrected chi connectivity index (χ0v) is 16.1. The number of unbranched alkanes of at least 4 members (excludes halogenated alkanes) is 1. The fraction of sp³-hybridized carbons (Fsp3) is 0.353. The third kappa shape index (κ3) is 5.22. The molecule has 0 fully saturated rings. The molecule has 0 bridgehead atoms. The van der Waals surface area contributed by atoms with Crippen molar-refractivity contribution in [1.29, 1.82) is 0 Å². The fourth-order valence-corrected chi connectivity index (χ4v) is 3.28. The molecule has 1 aromatic heterocycles. The molecule has 0 radical (unpaired) electrons. The molecule has 0 atom stereocenters. The first-order valence-electron chi connectivity index (χ1n) is 8.13. The number of aryl methyl sites for hydroxylation is 2. The van der Waals surface area contributed by atoms with Crippen molar-refractivity contribution in [2.75, 3.05) is 5.75 Å². The molecule has 0 spiro atoms. The Labute approximate surface area is 160 Å². The van der Waals surface area contributed by atoms with Gasteiger partial charge >= 0.3 is 0 Å². The third-order valence-electron chi connectivity index (χ3n) is 3.53. The molecule has 2 amide bonds. The van der Waals surface area contributed by atoms with Crippen molar-refractivity contribution >= 4 is 35.2 Å². The number of aromatic nitrogens is 2. The molecular formula is C17H20ClFN4O2S. The summed E-state index contributed by atoms with van der Waals surface area (Å²) in [5.74, 6) is -1.43. The first-order valence-corrected chi connectivity index (χ1v) is 9.49. The lowest BCUT2D eigenvalue weighted by Crippen LogP contribution is -2.42.